The van der Waals surface area contributed by atoms with Gasteiger partial charge in [0.25, 0.3) is 0 Å². The minimum absolute atomic E-state index is 0.0513. The molecule has 0 amide bonds. The van der Waals surface area contributed by atoms with Gasteiger partial charge in [-0.1, -0.05) is 30.3 Å². The average molecular weight is 369 g/mol. The number of thiazole rings is 1. The Labute approximate surface area is 157 Å². The molecule has 136 valence electrons. The van der Waals surface area contributed by atoms with Crippen molar-refractivity contribution in [2.75, 3.05) is 18.8 Å². The highest BCUT2D eigenvalue weighted by Gasteiger charge is 2.39. The van der Waals surface area contributed by atoms with Crippen LogP contribution >= 0.6 is 11.3 Å². The van der Waals surface area contributed by atoms with E-state index < -0.39 is 0 Å². The molecule has 4 rings (SSSR count). The van der Waals surface area contributed by atoms with Gasteiger partial charge in [-0.3, -0.25) is 4.90 Å². The molecule has 0 unspecified atom stereocenters. The summed E-state index contributed by atoms with van der Waals surface area (Å²) in [4.78, 5) is 11.5. The predicted octanol–water partition coefficient (Wildman–Crippen LogP) is 2.92. The van der Waals surface area contributed by atoms with Crippen molar-refractivity contribution in [2.24, 2.45) is 0 Å². The van der Waals surface area contributed by atoms with Crippen molar-refractivity contribution < 1.29 is 0 Å². The van der Waals surface area contributed by atoms with Gasteiger partial charge in [0.05, 0.1) is 12.2 Å². The Hall–Kier alpha value is -2.25. The molecule has 1 saturated heterocycles. The van der Waals surface area contributed by atoms with E-state index in [2.05, 4.69) is 62.6 Å². The number of aryl methyl sites for hydroxylation is 1. The highest BCUT2D eigenvalue weighted by Crippen LogP contribution is 2.42. The van der Waals surface area contributed by atoms with Gasteiger partial charge in [-0.15, -0.1) is 11.3 Å². The Morgan fingerprint density at radius 2 is 1.96 bits per heavy atom. The number of nitrogens with zero attached hydrogens (tertiary/aromatic N) is 5. The van der Waals surface area contributed by atoms with Crippen molar-refractivity contribution in [3.8, 4) is 0 Å². The molecule has 0 radical (unpaired) electrons. The van der Waals surface area contributed by atoms with Crippen LogP contribution in [0.2, 0.25) is 0 Å². The van der Waals surface area contributed by atoms with Crippen LogP contribution in [0.15, 0.2) is 42.0 Å². The second-order valence-corrected chi connectivity index (χ2v) is 7.68. The summed E-state index contributed by atoms with van der Waals surface area (Å²) >= 11 is 1.53. The zero-order valence-corrected chi connectivity index (χ0v) is 15.8. The third-order valence-corrected chi connectivity index (χ3v) is 6.08. The standard InChI is InChI=1S/C19H24N6S/c1-2-25-17(21-14-22-25)12-24-10-8-19(9-11-24,15-6-4-3-5-7-15)16-13-26-18(20)23-16/h3-7,13-14H,2,8-12H2,1H3,(H2,20,23). The van der Waals surface area contributed by atoms with Gasteiger partial charge in [0.1, 0.15) is 12.2 Å². The van der Waals surface area contributed by atoms with E-state index in [0.717, 1.165) is 50.5 Å². The first kappa shape index (κ1) is 17.2. The fraction of sp³-hybridized carbons (Fsp3) is 0.421. The van der Waals surface area contributed by atoms with Crippen LogP contribution in [-0.2, 0) is 18.5 Å². The molecule has 7 heteroatoms. The molecule has 0 spiro atoms. The number of aromatic nitrogens is 4. The molecule has 2 N–H and O–H groups in total. The van der Waals surface area contributed by atoms with Gasteiger partial charge < -0.3 is 5.73 Å². The summed E-state index contributed by atoms with van der Waals surface area (Å²) in [6.45, 7) is 5.81. The summed E-state index contributed by atoms with van der Waals surface area (Å²) in [7, 11) is 0. The van der Waals surface area contributed by atoms with E-state index in [1.807, 2.05) is 4.68 Å². The largest absolute Gasteiger partial charge is 0.375 e. The maximum absolute atomic E-state index is 5.95. The topological polar surface area (TPSA) is 72.9 Å². The van der Waals surface area contributed by atoms with Crippen LogP contribution in [0.25, 0.3) is 0 Å². The molecule has 1 fully saturated rings. The Bertz CT molecular complexity index is 848. The number of hydrogen-bond donors (Lipinski definition) is 1. The summed E-state index contributed by atoms with van der Waals surface area (Å²) in [6.07, 6.45) is 3.70. The first-order valence-corrected chi connectivity index (χ1v) is 9.95. The summed E-state index contributed by atoms with van der Waals surface area (Å²) in [5.74, 6) is 1.04. The molecule has 3 aromatic rings. The molecule has 3 heterocycles. The average Bonchev–Trinajstić information content (AvgIpc) is 3.32. The molecule has 26 heavy (non-hydrogen) atoms. The number of benzene rings is 1. The predicted molar refractivity (Wildman–Crippen MR) is 104 cm³/mol. The van der Waals surface area contributed by atoms with Crippen LogP contribution in [0.3, 0.4) is 0 Å². The molecule has 1 aliphatic rings. The zero-order chi connectivity index (χ0) is 18.0. The molecule has 0 bridgehead atoms. The van der Waals surface area contributed by atoms with Crippen LogP contribution in [-0.4, -0.2) is 37.7 Å². The van der Waals surface area contributed by atoms with Gasteiger partial charge in [-0.25, -0.2) is 14.6 Å². The fourth-order valence-electron chi connectivity index (χ4n) is 3.92. The summed E-state index contributed by atoms with van der Waals surface area (Å²) in [5, 5.41) is 7.06. The molecule has 0 saturated carbocycles. The first-order valence-electron chi connectivity index (χ1n) is 9.07. The number of nitrogen functional groups attached to an aromatic ring is 1. The van der Waals surface area contributed by atoms with Gasteiger partial charge in [0.15, 0.2) is 5.13 Å². The van der Waals surface area contributed by atoms with Crippen molar-refractivity contribution >= 4 is 16.5 Å². The van der Waals surface area contributed by atoms with Gasteiger partial charge in [-0.2, -0.15) is 5.10 Å². The molecular weight excluding hydrogens is 344 g/mol. The molecule has 6 nitrogen and oxygen atoms in total. The van der Waals surface area contributed by atoms with Crippen molar-refractivity contribution in [3.05, 3.63) is 59.1 Å². The van der Waals surface area contributed by atoms with E-state index in [1.54, 1.807) is 6.33 Å². The minimum Gasteiger partial charge on any atom is -0.375 e. The summed E-state index contributed by atoms with van der Waals surface area (Å²) in [5.41, 5.74) is 8.35. The van der Waals surface area contributed by atoms with Crippen molar-refractivity contribution in [1.82, 2.24) is 24.6 Å². The molecule has 1 aromatic carbocycles. The second kappa shape index (κ2) is 7.17. The SMILES string of the molecule is CCn1ncnc1CN1CCC(c2ccccc2)(c2csc(N)n2)CC1. The number of likely N-dealkylation sites (tertiary alicyclic amines) is 1. The Kier molecular flexibility index (Phi) is 4.74. The molecule has 2 aromatic heterocycles. The number of piperidine rings is 1. The van der Waals surface area contributed by atoms with E-state index in [4.69, 9.17) is 5.73 Å². The number of hydrogen-bond acceptors (Lipinski definition) is 6. The van der Waals surface area contributed by atoms with Gasteiger partial charge in [0.2, 0.25) is 0 Å². The Balaban J connectivity index is 1.57. The van der Waals surface area contributed by atoms with Gasteiger partial charge in [-0.05, 0) is 38.4 Å². The van der Waals surface area contributed by atoms with E-state index in [9.17, 15) is 0 Å². The molecule has 0 atom stereocenters. The Morgan fingerprint density at radius 3 is 2.62 bits per heavy atom. The van der Waals surface area contributed by atoms with Gasteiger partial charge >= 0.3 is 0 Å². The lowest BCUT2D eigenvalue weighted by Gasteiger charge is -2.41. The third kappa shape index (κ3) is 3.12. The van der Waals surface area contributed by atoms with Crippen molar-refractivity contribution in [3.63, 3.8) is 0 Å². The van der Waals surface area contributed by atoms with Crippen molar-refractivity contribution in [2.45, 2.75) is 38.3 Å². The minimum atomic E-state index is -0.0513. The zero-order valence-electron chi connectivity index (χ0n) is 15.0. The number of rotatable bonds is 5. The van der Waals surface area contributed by atoms with E-state index >= 15 is 0 Å². The smallest absolute Gasteiger partial charge is 0.180 e. The molecule has 0 aliphatic carbocycles. The lowest BCUT2D eigenvalue weighted by atomic mass is 9.70. The van der Waals surface area contributed by atoms with Crippen LogP contribution in [0, 0.1) is 0 Å². The summed E-state index contributed by atoms with van der Waals surface area (Å²) < 4.78 is 1.97. The van der Waals surface area contributed by atoms with Crippen LogP contribution in [0.5, 0.6) is 0 Å². The second-order valence-electron chi connectivity index (χ2n) is 6.79. The first-order chi connectivity index (χ1) is 12.7. The van der Waals surface area contributed by atoms with Crippen molar-refractivity contribution in [1.29, 1.82) is 0 Å². The lowest BCUT2D eigenvalue weighted by Crippen LogP contribution is -2.43. The highest BCUT2D eigenvalue weighted by molar-refractivity contribution is 7.13. The quantitative estimate of drug-likeness (QED) is 0.750. The maximum Gasteiger partial charge on any atom is 0.180 e. The van der Waals surface area contributed by atoms with E-state index in [0.29, 0.717) is 5.13 Å². The van der Waals surface area contributed by atoms with E-state index in [-0.39, 0.29) is 5.41 Å². The molecule has 1 aliphatic heterocycles. The van der Waals surface area contributed by atoms with Crippen LogP contribution < -0.4 is 5.73 Å². The fourth-order valence-corrected chi connectivity index (χ4v) is 4.59. The maximum atomic E-state index is 5.95. The normalized spacial score (nSPS) is 17.4. The Morgan fingerprint density at radius 1 is 1.19 bits per heavy atom. The summed E-state index contributed by atoms with van der Waals surface area (Å²) in [6, 6.07) is 10.7. The third-order valence-electron chi connectivity index (χ3n) is 5.41. The van der Waals surface area contributed by atoms with Crippen LogP contribution in [0.1, 0.15) is 36.8 Å². The molecular formula is C19H24N6S. The highest BCUT2D eigenvalue weighted by atomic mass is 32.1. The van der Waals surface area contributed by atoms with Crippen LogP contribution in [0.4, 0.5) is 5.13 Å². The van der Waals surface area contributed by atoms with E-state index in [1.165, 1.54) is 16.9 Å². The lowest BCUT2D eigenvalue weighted by molar-refractivity contribution is 0.165. The van der Waals surface area contributed by atoms with Gasteiger partial charge in [0, 0.05) is 17.3 Å². The number of nitrogens with two attached hydrogens (primary N) is 1. The number of anilines is 1. The monoisotopic (exact) mass is 368 g/mol.